The highest BCUT2D eigenvalue weighted by atomic mass is 15.2. The van der Waals surface area contributed by atoms with E-state index in [4.69, 9.17) is 0 Å². The van der Waals surface area contributed by atoms with Gasteiger partial charge in [-0.2, -0.15) is 0 Å². The lowest BCUT2D eigenvalue weighted by molar-refractivity contribution is 0.633. The van der Waals surface area contributed by atoms with E-state index in [1.54, 1.807) is 0 Å². The molecule has 0 atom stereocenters. The minimum atomic E-state index is -0.270. The minimum absolute atomic E-state index is 0.0950. The fourth-order valence-electron chi connectivity index (χ4n) is 10.8. The molecule has 0 unspecified atom stereocenters. The van der Waals surface area contributed by atoms with Crippen molar-refractivity contribution in [1.29, 1.82) is 0 Å². The van der Waals surface area contributed by atoms with Gasteiger partial charge in [0, 0.05) is 22.5 Å². The summed E-state index contributed by atoms with van der Waals surface area (Å²) >= 11 is 0. The highest BCUT2D eigenvalue weighted by Crippen LogP contribution is 2.54. The van der Waals surface area contributed by atoms with E-state index in [1.165, 1.54) is 117 Å². The summed E-state index contributed by atoms with van der Waals surface area (Å²) in [7, 11) is 0. The molecule has 0 aliphatic carbocycles. The predicted octanol–water partition coefficient (Wildman–Crippen LogP) is 8.64. The molecular formula is C51H45B2N. The molecule has 0 radical (unpaired) electrons. The second kappa shape index (κ2) is 11.7. The second-order valence-electron chi connectivity index (χ2n) is 16.9. The third-order valence-corrected chi connectivity index (χ3v) is 12.9. The topological polar surface area (TPSA) is 3.24 Å². The number of anilines is 3. The Kier molecular flexibility index (Phi) is 7.19. The smallest absolute Gasteiger partial charge is 0.247 e. The molecule has 0 aromatic heterocycles. The number of hydrogen-bond acceptors (Lipinski definition) is 1. The van der Waals surface area contributed by atoms with Gasteiger partial charge in [0.15, 0.2) is 0 Å². The SMILES string of the molecule is Cc1cc(C)c(B2c3cccc4c3N3c5c2cc(-c2ccccc2)cc5C(C)(C)c2cc(-c5ccccc5)cc(c23)B4c2c(C)cc(C)cc2C)c(C)c1. The molecule has 3 heterocycles. The van der Waals surface area contributed by atoms with Crippen molar-refractivity contribution in [3.63, 3.8) is 0 Å². The number of rotatable bonds is 4. The second-order valence-corrected chi connectivity index (χ2v) is 16.9. The largest absolute Gasteiger partial charge is 0.312 e. The van der Waals surface area contributed by atoms with Gasteiger partial charge in [0.05, 0.1) is 0 Å². The van der Waals surface area contributed by atoms with Crippen LogP contribution >= 0.6 is 0 Å². The summed E-state index contributed by atoms with van der Waals surface area (Å²) in [6.45, 7) is 18.9. The van der Waals surface area contributed by atoms with Crippen molar-refractivity contribution in [3.8, 4) is 22.3 Å². The lowest BCUT2D eigenvalue weighted by Crippen LogP contribution is -2.67. The summed E-state index contributed by atoms with van der Waals surface area (Å²) in [6.07, 6.45) is 0. The number of aryl methyl sites for hydroxylation is 6. The van der Waals surface area contributed by atoms with Crippen molar-refractivity contribution in [3.05, 3.63) is 172 Å². The van der Waals surface area contributed by atoms with Gasteiger partial charge in [-0.1, -0.05) is 173 Å². The summed E-state index contributed by atoms with van der Waals surface area (Å²) in [4.78, 5) is 2.72. The predicted molar refractivity (Wildman–Crippen MR) is 235 cm³/mol. The fraction of sp³-hybridized carbons (Fsp3) is 0.176. The van der Waals surface area contributed by atoms with Crippen LogP contribution in [-0.4, -0.2) is 13.4 Å². The van der Waals surface area contributed by atoms with E-state index in [0.29, 0.717) is 0 Å². The van der Waals surface area contributed by atoms with Crippen LogP contribution in [0.15, 0.2) is 127 Å². The molecule has 54 heavy (non-hydrogen) atoms. The average Bonchev–Trinajstić information content (AvgIpc) is 3.15. The molecule has 0 spiro atoms. The van der Waals surface area contributed by atoms with Gasteiger partial charge in [0.2, 0.25) is 13.4 Å². The first-order valence-electron chi connectivity index (χ1n) is 19.6. The van der Waals surface area contributed by atoms with Gasteiger partial charge in [-0.15, -0.1) is 0 Å². The third-order valence-electron chi connectivity index (χ3n) is 12.9. The molecule has 0 fully saturated rings. The third kappa shape index (κ3) is 4.60. The van der Waals surface area contributed by atoms with E-state index in [2.05, 4.69) is 188 Å². The molecule has 0 saturated heterocycles. The van der Waals surface area contributed by atoms with Crippen LogP contribution in [0.5, 0.6) is 0 Å². The molecule has 0 amide bonds. The molecule has 260 valence electrons. The van der Waals surface area contributed by atoms with E-state index < -0.39 is 0 Å². The van der Waals surface area contributed by atoms with Gasteiger partial charge in [-0.25, -0.2) is 0 Å². The van der Waals surface area contributed by atoms with Gasteiger partial charge < -0.3 is 4.90 Å². The quantitative estimate of drug-likeness (QED) is 0.167. The molecule has 0 saturated carbocycles. The van der Waals surface area contributed by atoms with Crippen LogP contribution in [0.3, 0.4) is 0 Å². The van der Waals surface area contributed by atoms with E-state index in [1.807, 2.05) is 0 Å². The molecular weight excluding hydrogens is 648 g/mol. The molecule has 3 heteroatoms. The fourth-order valence-corrected chi connectivity index (χ4v) is 10.8. The van der Waals surface area contributed by atoms with Gasteiger partial charge in [-0.3, -0.25) is 0 Å². The maximum Gasteiger partial charge on any atom is 0.247 e. The molecule has 1 nitrogen and oxygen atoms in total. The molecule has 0 bridgehead atoms. The standard InChI is InChI=1S/C51H45B2N/c1-30-22-32(3)46(33(4)23-30)52-42-20-15-21-43-50(42)54-48-40(26-38(28-44(48)52)36-16-11-9-12-17-36)51(7,8)41-27-39(37-18-13-10-14-19-37)29-45(49(41)54)53(43)47-34(5)24-31(2)25-35(47)6/h9-29H,1-8H3. The van der Waals surface area contributed by atoms with Crippen LogP contribution in [0, 0.1) is 41.5 Å². The van der Waals surface area contributed by atoms with Gasteiger partial charge >= 0.3 is 0 Å². The number of hydrogen-bond donors (Lipinski definition) is 0. The number of benzene rings is 7. The maximum atomic E-state index is 2.72. The summed E-state index contributed by atoms with van der Waals surface area (Å²) in [6, 6.07) is 48.9. The first-order valence-corrected chi connectivity index (χ1v) is 19.6. The van der Waals surface area contributed by atoms with Crippen molar-refractivity contribution in [2.24, 2.45) is 0 Å². The van der Waals surface area contributed by atoms with Crippen LogP contribution in [0.25, 0.3) is 22.3 Å². The van der Waals surface area contributed by atoms with Crippen LogP contribution in [0.1, 0.15) is 58.4 Å². The van der Waals surface area contributed by atoms with Crippen molar-refractivity contribution >= 4 is 63.3 Å². The zero-order chi connectivity index (χ0) is 37.2. The number of para-hydroxylation sites is 1. The average molecular weight is 694 g/mol. The van der Waals surface area contributed by atoms with Crippen molar-refractivity contribution in [2.75, 3.05) is 4.90 Å². The summed E-state index contributed by atoms with van der Waals surface area (Å²) in [5.41, 5.74) is 28.4. The Labute approximate surface area is 321 Å². The van der Waals surface area contributed by atoms with Gasteiger partial charge in [0.25, 0.3) is 0 Å². The summed E-state index contributed by atoms with van der Waals surface area (Å²) in [5.74, 6) is 0. The first-order chi connectivity index (χ1) is 26.0. The van der Waals surface area contributed by atoms with Crippen LogP contribution in [0.2, 0.25) is 0 Å². The van der Waals surface area contributed by atoms with Crippen LogP contribution in [-0.2, 0) is 5.41 Å². The first kappa shape index (κ1) is 33.1. The van der Waals surface area contributed by atoms with Crippen LogP contribution < -0.4 is 37.7 Å². The Hall–Kier alpha value is -5.53. The highest BCUT2D eigenvalue weighted by molar-refractivity contribution is 7.02. The normalized spacial score (nSPS) is 14.3. The van der Waals surface area contributed by atoms with Crippen molar-refractivity contribution < 1.29 is 0 Å². The van der Waals surface area contributed by atoms with E-state index in [0.717, 1.165) is 0 Å². The van der Waals surface area contributed by atoms with Crippen molar-refractivity contribution in [1.82, 2.24) is 0 Å². The lowest BCUT2D eigenvalue weighted by Gasteiger charge is -2.52. The highest BCUT2D eigenvalue weighted by Gasteiger charge is 2.51. The lowest BCUT2D eigenvalue weighted by atomic mass is 9.28. The van der Waals surface area contributed by atoms with Gasteiger partial charge in [0.1, 0.15) is 0 Å². The van der Waals surface area contributed by atoms with E-state index in [-0.39, 0.29) is 18.8 Å². The van der Waals surface area contributed by atoms with Crippen LogP contribution in [0.4, 0.5) is 17.1 Å². The Balaban J connectivity index is 1.39. The molecule has 7 aromatic rings. The molecule has 7 aromatic carbocycles. The Bertz CT molecular complexity index is 2480. The Morgan fingerprint density at radius 3 is 1.17 bits per heavy atom. The minimum Gasteiger partial charge on any atom is -0.312 e. The zero-order valence-electron chi connectivity index (χ0n) is 32.7. The van der Waals surface area contributed by atoms with E-state index in [9.17, 15) is 0 Å². The van der Waals surface area contributed by atoms with Gasteiger partial charge in [-0.05, 0) is 109 Å². The monoisotopic (exact) mass is 693 g/mol. The van der Waals surface area contributed by atoms with Crippen molar-refractivity contribution in [2.45, 2.75) is 60.8 Å². The zero-order valence-corrected chi connectivity index (χ0v) is 32.7. The van der Waals surface area contributed by atoms with E-state index >= 15 is 0 Å². The number of nitrogens with zero attached hydrogens (tertiary/aromatic N) is 1. The summed E-state index contributed by atoms with van der Waals surface area (Å²) in [5, 5.41) is 0. The summed E-state index contributed by atoms with van der Waals surface area (Å²) < 4.78 is 0. The molecule has 10 rings (SSSR count). The molecule has 3 aliphatic heterocycles. The maximum absolute atomic E-state index is 2.72. The Morgan fingerprint density at radius 1 is 0.389 bits per heavy atom. The molecule has 3 aliphatic rings. The Morgan fingerprint density at radius 2 is 0.778 bits per heavy atom. The molecule has 0 N–H and O–H groups in total.